The van der Waals surface area contributed by atoms with E-state index in [2.05, 4.69) is 15.2 Å². The predicted molar refractivity (Wildman–Crippen MR) is 86.4 cm³/mol. The number of carbonyl (C=O) groups is 1. The van der Waals surface area contributed by atoms with E-state index in [1.165, 1.54) is 0 Å². The van der Waals surface area contributed by atoms with E-state index >= 15 is 0 Å². The fourth-order valence-corrected chi connectivity index (χ4v) is 2.39. The average Bonchev–Trinajstić information content (AvgIpc) is 2.51. The van der Waals surface area contributed by atoms with Crippen molar-refractivity contribution in [2.45, 2.75) is 13.8 Å². The highest BCUT2D eigenvalue weighted by Crippen LogP contribution is 2.24. The van der Waals surface area contributed by atoms with Crippen LogP contribution in [0.3, 0.4) is 0 Å². The number of fused-ring (bicyclic) bond motifs is 1. The summed E-state index contributed by atoms with van der Waals surface area (Å²) in [6, 6.07) is 6.83. The minimum absolute atomic E-state index is 0.238. The fourth-order valence-electron chi connectivity index (χ4n) is 2.39. The molecule has 0 fully saturated rings. The lowest BCUT2D eigenvalue weighted by atomic mass is 10.1. The Balaban J connectivity index is 2.20. The van der Waals surface area contributed by atoms with Crippen LogP contribution in [0, 0.1) is 0 Å². The molecule has 0 atom stereocenters. The maximum absolute atomic E-state index is 12.2. The summed E-state index contributed by atoms with van der Waals surface area (Å²) < 4.78 is 0. The van der Waals surface area contributed by atoms with E-state index in [0.717, 1.165) is 13.1 Å². The number of H-pyrrole nitrogens is 1. The molecule has 0 aliphatic heterocycles. The van der Waals surface area contributed by atoms with Crippen LogP contribution in [0.1, 0.15) is 24.2 Å². The molecule has 2 rings (SSSR count). The number of likely N-dealkylation sites (N-methyl/N-ethyl adjacent to an activating group) is 1. The van der Waals surface area contributed by atoms with E-state index in [4.69, 9.17) is 0 Å². The van der Waals surface area contributed by atoms with Crippen LogP contribution in [0.4, 0.5) is 0 Å². The third kappa shape index (κ3) is 3.28. The Labute approximate surface area is 128 Å². The molecule has 1 heterocycles. The first-order chi connectivity index (χ1) is 10.6. The Morgan fingerprint density at radius 2 is 1.95 bits per heavy atom. The summed E-state index contributed by atoms with van der Waals surface area (Å²) in [5.41, 5.74) is -0.320. The number of aromatic nitrogens is 1. The molecule has 3 N–H and O–H groups in total. The number of amides is 1. The van der Waals surface area contributed by atoms with Crippen molar-refractivity contribution in [1.82, 2.24) is 15.2 Å². The van der Waals surface area contributed by atoms with Crippen molar-refractivity contribution in [3.63, 3.8) is 0 Å². The molecule has 0 bridgehead atoms. The van der Waals surface area contributed by atoms with Gasteiger partial charge in [-0.15, -0.1) is 0 Å². The minimum Gasteiger partial charge on any atom is -0.506 e. The van der Waals surface area contributed by atoms with Gasteiger partial charge < -0.3 is 20.3 Å². The molecule has 1 aromatic carbocycles. The van der Waals surface area contributed by atoms with Crippen LogP contribution in [0.25, 0.3) is 10.9 Å². The Morgan fingerprint density at radius 1 is 1.27 bits per heavy atom. The lowest BCUT2D eigenvalue weighted by molar-refractivity contribution is 0.0945. The number of hydrogen-bond donors (Lipinski definition) is 3. The van der Waals surface area contributed by atoms with Gasteiger partial charge in [-0.25, -0.2) is 0 Å². The number of nitrogens with zero attached hydrogens (tertiary/aromatic N) is 1. The number of rotatable bonds is 6. The predicted octanol–water partition coefficient (Wildman–Crippen LogP) is 1.31. The zero-order chi connectivity index (χ0) is 16.1. The Morgan fingerprint density at radius 3 is 2.64 bits per heavy atom. The summed E-state index contributed by atoms with van der Waals surface area (Å²) in [5.74, 6) is -0.837. The molecule has 6 heteroatoms. The van der Waals surface area contributed by atoms with Gasteiger partial charge in [-0.1, -0.05) is 26.0 Å². The van der Waals surface area contributed by atoms with Crippen LogP contribution in [-0.2, 0) is 0 Å². The number of nitrogens with one attached hydrogen (secondary N) is 2. The largest absolute Gasteiger partial charge is 0.506 e. The molecule has 0 aliphatic carbocycles. The van der Waals surface area contributed by atoms with E-state index in [1.54, 1.807) is 24.3 Å². The van der Waals surface area contributed by atoms with Gasteiger partial charge in [0.1, 0.15) is 11.3 Å². The summed E-state index contributed by atoms with van der Waals surface area (Å²) in [7, 11) is 0. The minimum atomic E-state index is -0.587. The molecule has 0 radical (unpaired) electrons. The summed E-state index contributed by atoms with van der Waals surface area (Å²) in [5, 5.41) is 13.3. The number of aromatic amines is 1. The molecule has 1 amide bonds. The monoisotopic (exact) mass is 303 g/mol. The van der Waals surface area contributed by atoms with Crippen molar-refractivity contribution >= 4 is 16.8 Å². The van der Waals surface area contributed by atoms with Crippen molar-refractivity contribution in [1.29, 1.82) is 0 Å². The summed E-state index contributed by atoms with van der Waals surface area (Å²) >= 11 is 0. The first kappa shape index (κ1) is 16.0. The van der Waals surface area contributed by atoms with E-state index in [1.807, 2.05) is 13.8 Å². The molecule has 0 unspecified atom stereocenters. The van der Waals surface area contributed by atoms with Gasteiger partial charge in [0.15, 0.2) is 0 Å². The van der Waals surface area contributed by atoms with Crippen molar-refractivity contribution in [2.24, 2.45) is 0 Å². The molecule has 0 saturated heterocycles. The standard InChI is InChI=1S/C16H21N3O3/c1-3-19(4-2)10-9-17-15(21)13-14(20)11-7-5-6-8-12(11)18-16(13)22/h5-8H,3-4,9-10H2,1-2H3,(H,17,21)(H2,18,20,22). The molecular formula is C16H21N3O3. The smallest absolute Gasteiger partial charge is 0.265 e. The van der Waals surface area contributed by atoms with Crippen molar-refractivity contribution in [3.05, 3.63) is 40.2 Å². The van der Waals surface area contributed by atoms with Crippen molar-refractivity contribution < 1.29 is 9.90 Å². The average molecular weight is 303 g/mol. The summed E-state index contributed by atoms with van der Waals surface area (Å²) in [6.07, 6.45) is 0. The molecule has 0 saturated carbocycles. The van der Waals surface area contributed by atoms with Gasteiger partial charge in [0.25, 0.3) is 11.5 Å². The Kier molecular flexibility index (Phi) is 5.16. The second-order valence-electron chi connectivity index (χ2n) is 5.01. The fraction of sp³-hybridized carbons (Fsp3) is 0.375. The van der Waals surface area contributed by atoms with Gasteiger partial charge in [-0.3, -0.25) is 9.59 Å². The lowest BCUT2D eigenvalue weighted by Gasteiger charge is -2.18. The van der Waals surface area contributed by atoms with Gasteiger partial charge >= 0.3 is 0 Å². The third-order valence-electron chi connectivity index (χ3n) is 3.73. The number of hydrogen-bond acceptors (Lipinski definition) is 4. The maximum Gasteiger partial charge on any atom is 0.265 e. The summed E-state index contributed by atoms with van der Waals surface area (Å²) in [6.45, 7) is 7.01. The van der Waals surface area contributed by atoms with Crippen LogP contribution >= 0.6 is 0 Å². The molecule has 0 spiro atoms. The van der Waals surface area contributed by atoms with Crippen LogP contribution in [0.15, 0.2) is 29.1 Å². The van der Waals surface area contributed by atoms with E-state index in [9.17, 15) is 14.7 Å². The van der Waals surface area contributed by atoms with Crippen LogP contribution in [0.5, 0.6) is 5.75 Å². The molecule has 22 heavy (non-hydrogen) atoms. The Hall–Kier alpha value is -2.34. The lowest BCUT2D eigenvalue weighted by Crippen LogP contribution is -2.36. The SMILES string of the molecule is CCN(CC)CCNC(=O)c1c(O)c2ccccc2[nH]c1=O. The van der Waals surface area contributed by atoms with Gasteiger partial charge in [-0.05, 0) is 25.2 Å². The van der Waals surface area contributed by atoms with Crippen LogP contribution in [-0.4, -0.2) is 47.1 Å². The van der Waals surface area contributed by atoms with Crippen LogP contribution < -0.4 is 10.9 Å². The number of aromatic hydroxyl groups is 1. The number of para-hydroxylation sites is 1. The van der Waals surface area contributed by atoms with Crippen LogP contribution in [0.2, 0.25) is 0 Å². The number of benzene rings is 1. The van der Waals surface area contributed by atoms with Gasteiger partial charge in [0.2, 0.25) is 0 Å². The highest BCUT2D eigenvalue weighted by atomic mass is 16.3. The number of pyridine rings is 1. The number of carbonyl (C=O) groups excluding carboxylic acids is 1. The van der Waals surface area contributed by atoms with E-state index < -0.39 is 11.5 Å². The zero-order valence-corrected chi connectivity index (χ0v) is 12.8. The molecule has 6 nitrogen and oxygen atoms in total. The Bertz CT molecular complexity index is 720. The maximum atomic E-state index is 12.2. The van der Waals surface area contributed by atoms with Gasteiger partial charge in [0.05, 0.1) is 5.52 Å². The second-order valence-corrected chi connectivity index (χ2v) is 5.01. The zero-order valence-electron chi connectivity index (χ0n) is 12.8. The summed E-state index contributed by atoms with van der Waals surface area (Å²) in [4.78, 5) is 29.0. The van der Waals surface area contributed by atoms with Gasteiger partial charge in [0, 0.05) is 18.5 Å². The first-order valence-electron chi connectivity index (χ1n) is 7.43. The highest BCUT2D eigenvalue weighted by molar-refractivity contribution is 6.01. The molecular weight excluding hydrogens is 282 g/mol. The third-order valence-corrected chi connectivity index (χ3v) is 3.73. The quantitative estimate of drug-likeness (QED) is 0.751. The molecule has 0 aliphatic rings. The normalized spacial score (nSPS) is 11.0. The second kappa shape index (κ2) is 7.09. The molecule has 1 aromatic heterocycles. The highest BCUT2D eigenvalue weighted by Gasteiger charge is 2.18. The molecule has 118 valence electrons. The van der Waals surface area contributed by atoms with E-state index in [-0.39, 0.29) is 11.3 Å². The molecule has 2 aromatic rings. The topological polar surface area (TPSA) is 85.4 Å². The van der Waals surface area contributed by atoms with Crippen molar-refractivity contribution in [2.75, 3.05) is 26.2 Å². The van der Waals surface area contributed by atoms with Crippen molar-refractivity contribution in [3.8, 4) is 5.75 Å². The van der Waals surface area contributed by atoms with E-state index in [0.29, 0.717) is 24.0 Å². The van der Waals surface area contributed by atoms with Gasteiger partial charge in [-0.2, -0.15) is 0 Å². The first-order valence-corrected chi connectivity index (χ1v) is 7.43.